The molecule has 0 spiro atoms. The molecule has 1 aromatic carbocycles. The van der Waals surface area contributed by atoms with Gasteiger partial charge in [0.2, 0.25) is 0 Å². The van der Waals surface area contributed by atoms with Gasteiger partial charge in [0.15, 0.2) is 0 Å². The molecule has 15 heavy (non-hydrogen) atoms. The van der Waals surface area contributed by atoms with Crippen molar-refractivity contribution >= 4 is 0 Å². The van der Waals surface area contributed by atoms with Crippen LogP contribution in [0.3, 0.4) is 0 Å². The van der Waals surface area contributed by atoms with Crippen LogP contribution in [0, 0.1) is 23.0 Å². The molecule has 1 aromatic rings. The molecule has 1 nitrogen and oxygen atoms in total. The van der Waals surface area contributed by atoms with Gasteiger partial charge in [-0.25, -0.2) is 8.78 Å². The number of benzene rings is 1. The van der Waals surface area contributed by atoms with E-state index in [0.717, 1.165) is 12.1 Å². The monoisotopic (exact) mass is 211 g/mol. The first-order valence-electron chi connectivity index (χ1n) is 4.95. The zero-order valence-corrected chi connectivity index (χ0v) is 9.44. The topological polar surface area (TPSA) is 23.8 Å². The zero-order valence-electron chi connectivity index (χ0n) is 9.44. The van der Waals surface area contributed by atoms with Gasteiger partial charge in [0.25, 0.3) is 0 Å². The molecule has 3 heteroatoms. The first kappa shape index (κ1) is 13.6. The summed E-state index contributed by atoms with van der Waals surface area (Å²) in [5.74, 6) is -1.30. The fraction of sp³-hybridized carbons (Fsp3) is 0.417. The maximum atomic E-state index is 13.3. The number of halogens is 2. The standard InChI is InChI=1S/C10H9F2N.C2H6/c1-6(2)9-4-8(11)3-7(5-13)10(9)12;1-2/h3-4,6H,1-2H3;1-2H3. The van der Waals surface area contributed by atoms with Crippen molar-refractivity contribution in [1.82, 2.24) is 0 Å². The summed E-state index contributed by atoms with van der Waals surface area (Å²) in [5, 5.41) is 8.49. The summed E-state index contributed by atoms with van der Waals surface area (Å²) < 4.78 is 26.2. The molecule has 0 heterocycles. The molecule has 82 valence electrons. The molecular weight excluding hydrogens is 196 g/mol. The summed E-state index contributed by atoms with van der Waals surface area (Å²) in [7, 11) is 0. The van der Waals surface area contributed by atoms with Crippen LogP contribution in [0.1, 0.15) is 44.7 Å². The Morgan fingerprint density at radius 2 is 1.73 bits per heavy atom. The normalized spacial score (nSPS) is 9.20. The average molecular weight is 211 g/mol. The van der Waals surface area contributed by atoms with Crippen LogP contribution in [0.4, 0.5) is 8.78 Å². The number of hydrogen-bond donors (Lipinski definition) is 0. The molecule has 0 saturated carbocycles. The summed E-state index contributed by atoms with van der Waals surface area (Å²) >= 11 is 0. The first-order valence-corrected chi connectivity index (χ1v) is 4.95. The molecule has 0 amide bonds. The van der Waals surface area contributed by atoms with Crippen molar-refractivity contribution in [1.29, 1.82) is 5.26 Å². The van der Waals surface area contributed by atoms with E-state index in [9.17, 15) is 8.78 Å². The van der Waals surface area contributed by atoms with Crippen molar-refractivity contribution in [2.24, 2.45) is 0 Å². The van der Waals surface area contributed by atoms with E-state index in [1.807, 2.05) is 13.8 Å². The first-order chi connectivity index (χ1) is 7.06. The molecule has 0 unspecified atom stereocenters. The third-order valence-electron chi connectivity index (χ3n) is 1.81. The number of nitriles is 1. The zero-order chi connectivity index (χ0) is 12.0. The fourth-order valence-corrected chi connectivity index (χ4v) is 1.11. The highest BCUT2D eigenvalue weighted by Gasteiger charge is 2.12. The molecule has 0 aromatic heterocycles. The maximum Gasteiger partial charge on any atom is 0.144 e. The molecule has 0 aliphatic heterocycles. The summed E-state index contributed by atoms with van der Waals surface area (Å²) in [4.78, 5) is 0. The lowest BCUT2D eigenvalue weighted by atomic mass is 10.00. The van der Waals surface area contributed by atoms with E-state index < -0.39 is 11.6 Å². The molecule has 0 aliphatic rings. The second-order valence-corrected chi connectivity index (χ2v) is 3.12. The van der Waals surface area contributed by atoms with Gasteiger partial charge in [-0.2, -0.15) is 5.26 Å². The largest absolute Gasteiger partial charge is 0.207 e. The van der Waals surface area contributed by atoms with Crippen molar-refractivity contribution in [3.05, 3.63) is 34.9 Å². The molecule has 1 rings (SSSR count). The smallest absolute Gasteiger partial charge is 0.144 e. The SMILES string of the molecule is CC.CC(C)c1cc(F)cc(C#N)c1F. The molecule has 0 atom stereocenters. The third-order valence-corrected chi connectivity index (χ3v) is 1.81. The average Bonchev–Trinajstić information content (AvgIpc) is 2.23. The van der Waals surface area contributed by atoms with Crippen molar-refractivity contribution in [2.45, 2.75) is 33.6 Å². The molecular formula is C12H15F2N. The molecule has 0 aliphatic carbocycles. The molecule has 0 radical (unpaired) electrons. The van der Waals surface area contributed by atoms with Gasteiger partial charge >= 0.3 is 0 Å². The molecule has 0 fully saturated rings. The number of rotatable bonds is 1. The number of nitrogens with zero attached hydrogens (tertiary/aromatic N) is 1. The second kappa shape index (κ2) is 6.13. The minimum Gasteiger partial charge on any atom is -0.207 e. The van der Waals surface area contributed by atoms with Crippen molar-refractivity contribution < 1.29 is 8.78 Å². The predicted molar refractivity (Wildman–Crippen MR) is 56.5 cm³/mol. The molecule has 0 N–H and O–H groups in total. The Morgan fingerprint density at radius 1 is 1.20 bits per heavy atom. The third kappa shape index (κ3) is 3.32. The van der Waals surface area contributed by atoms with E-state index in [1.165, 1.54) is 0 Å². The van der Waals surface area contributed by atoms with E-state index in [2.05, 4.69) is 0 Å². The second-order valence-electron chi connectivity index (χ2n) is 3.12. The number of hydrogen-bond acceptors (Lipinski definition) is 1. The van der Waals surface area contributed by atoms with Gasteiger partial charge in [-0.3, -0.25) is 0 Å². The Morgan fingerprint density at radius 3 is 2.13 bits per heavy atom. The highest BCUT2D eigenvalue weighted by Crippen LogP contribution is 2.22. The van der Waals surface area contributed by atoms with Crippen LogP contribution >= 0.6 is 0 Å². The van der Waals surface area contributed by atoms with Gasteiger partial charge in [-0.05, 0) is 23.6 Å². The lowest BCUT2D eigenvalue weighted by Gasteiger charge is -2.07. The Kier molecular flexibility index (Phi) is 5.54. The van der Waals surface area contributed by atoms with E-state index in [4.69, 9.17) is 5.26 Å². The van der Waals surface area contributed by atoms with E-state index in [-0.39, 0.29) is 17.0 Å². The maximum absolute atomic E-state index is 13.3. The van der Waals surface area contributed by atoms with Crippen LogP contribution in [-0.4, -0.2) is 0 Å². The van der Waals surface area contributed by atoms with Gasteiger partial charge in [-0.1, -0.05) is 27.7 Å². The van der Waals surface area contributed by atoms with Crippen molar-refractivity contribution in [2.75, 3.05) is 0 Å². The van der Waals surface area contributed by atoms with Crippen molar-refractivity contribution in [3.63, 3.8) is 0 Å². The summed E-state index contributed by atoms with van der Waals surface area (Å²) in [6, 6.07) is 3.65. The van der Waals surface area contributed by atoms with Crippen molar-refractivity contribution in [3.8, 4) is 6.07 Å². The Hall–Kier alpha value is -1.43. The minimum absolute atomic E-state index is 0.122. The van der Waals surface area contributed by atoms with Gasteiger partial charge < -0.3 is 0 Å². The summed E-state index contributed by atoms with van der Waals surface area (Å²) in [6.45, 7) is 7.50. The minimum atomic E-state index is -0.612. The summed E-state index contributed by atoms with van der Waals surface area (Å²) in [5.41, 5.74) is 0.0141. The Labute approximate surface area is 89.4 Å². The van der Waals surface area contributed by atoms with Crippen LogP contribution in [-0.2, 0) is 0 Å². The fourth-order valence-electron chi connectivity index (χ4n) is 1.11. The predicted octanol–water partition coefficient (Wildman–Crippen LogP) is 3.99. The van der Waals surface area contributed by atoms with Crippen LogP contribution < -0.4 is 0 Å². The van der Waals surface area contributed by atoms with Crippen LogP contribution in [0.25, 0.3) is 0 Å². The van der Waals surface area contributed by atoms with E-state index in [1.54, 1.807) is 19.9 Å². The lowest BCUT2D eigenvalue weighted by molar-refractivity contribution is 0.572. The Bertz CT molecular complexity index is 365. The van der Waals surface area contributed by atoms with Gasteiger partial charge in [0, 0.05) is 0 Å². The van der Waals surface area contributed by atoms with E-state index >= 15 is 0 Å². The summed E-state index contributed by atoms with van der Waals surface area (Å²) in [6.07, 6.45) is 0. The van der Waals surface area contributed by atoms with Crippen LogP contribution in [0.5, 0.6) is 0 Å². The highest BCUT2D eigenvalue weighted by atomic mass is 19.1. The van der Waals surface area contributed by atoms with E-state index in [0.29, 0.717) is 0 Å². The van der Waals surface area contributed by atoms with Gasteiger partial charge in [-0.15, -0.1) is 0 Å². The van der Waals surface area contributed by atoms with Crippen LogP contribution in [0.15, 0.2) is 12.1 Å². The molecule has 0 bridgehead atoms. The Balaban J connectivity index is 0.000000921. The molecule has 0 saturated heterocycles. The quantitative estimate of drug-likeness (QED) is 0.689. The highest BCUT2D eigenvalue weighted by molar-refractivity contribution is 5.36. The van der Waals surface area contributed by atoms with Gasteiger partial charge in [0.1, 0.15) is 17.7 Å². The van der Waals surface area contributed by atoms with Gasteiger partial charge in [0.05, 0.1) is 5.56 Å². The van der Waals surface area contributed by atoms with Crippen LogP contribution in [0.2, 0.25) is 0 Å². The lowest BCUT2D eigenvalue weighted by Crippen LogP contribution is -1.97.